The summed E-state index contributed by atoms with van der Waals surface area (Å²) in [7, 11) is 0. The summed E-state index contributed by atoms with van der Waals surface area (Å²) >= 11 is 0. The molecule has 2 aliphatic rings. The van der Waals surface area contributed by atoms with Crippen molar-refractivity contribution >= 4 is 38.9 Å². The van der Waals surface area contributed by atoms with Crippen molar-refractivity contribution in [3.8, 4) is 50.2 Å². The van der Waals surface area contributed by atoms with Crippen LogP contribution in [-0.4, -0.2) is 4.57 Å². The molecule has 72 heavy (non-hydrogen) atoms. The van der Waals surface area contributed by atoms with Crippen LogP contribution in [0.3, 0.4) is 0 Å². The van der Waals surface area contributed by atoms with E-state index in [-0.39, 0.29) is 5.41 Å². The fourth-order valence-corrected chi connectivity index (χ4v) is 12.5. The summed E-state index contributed by atoms with van der Waals surface area (Å²) in [5.41, 5.74) is 24.1. The molecule has 0 aliphatic heterocycles. The van der Waals surface area contributed by atoms with Gasteiger partial charge in [0.25, 0.3) is 0 Å². The fraction of sp³-hybridized carbons (Fsp3) is 0.0571. The number of para-hydroxylation sites is 2. The highest BCUT2D eigenvalue weighted by atomic mass is 15.1. The van der Waals surface area contributed by atoms with Gasteiger partial charge in [-0.1, -0.05) is 214 Å². The van der Waals surface area contributed by atoms with E-state index in [1.54, 1.807) is 0 Å². The van der Waals surface area contributed by atoms with Crippen molar-refractivity contribution in [1.29, 1.82) is 0 Å². The summed E-state index contributed by atoms with van der Waals surface area (Å²) in [5.74, 6) is 0. The highest BCUT2D eigenvalue weighted by Crippen LogP contribution is 2.58. The summed E-state index contributed by atoms with van der Waals surface area (Å²) in [6.07, 6.45) is 0. The van der Waals surface area contributed by atoms with Crippen LogP contribution in [0, 0.1) is 0 Å². The Morgan fingerprint density at radius 3 is 1.40 bits per heavy atom. The van der Waals surface area contributed by atoms with Crippen LogP contribution in [-0.2, 0) is 10.8 Å². The van der Waals surface area contributed by atoms with Gasteiger partial charge in [0.05, 0.1) is 16.4 Å². The molecule has 1 heterocycles. The molecule has 0 spiro atoms. The van der Waals surface area contributed by atoms with E-state index in [9.17, 15) is 0 Å². The molecule has 14 rings (SSSR count). The van der Waals surface area contributed by atoms with Crippen molar-refractivity contribution < 1.29 is 0 Å². The standard InChI is InChI=1S/C70H50N2/c1-69(2)63-27-15-12-24-57(63)59-41-39-55(45-65(59)69)71(56-40-42-60-58-25-13-16-28-64(58)70(66(60)46-56,51-18-6-3-7-19-51)52-20-8-4-9-21-52)54-37-34-48(35-38-54)47-30-32-49(33-31-47)50-36-43-68-62(44-50)61-26-14-17-29-67(61)72(68)53-22-10-5-11-23-53/h3-46H,1-2H3. The zero-order valence-corrected chi connectivity index (χ0v) is 40.3. The molecule has 0 fully saturated rings. The number of hydrogen-bond acceptors (Lipinski definition) is 1. The quantitative estimate of drug-likeness (QED) is 0.147. The Kier molecular flexibility index (Phi) is 9.50. The lowest BCUT2D eigenvalue weighted by atomic mass is 9.67. The van der Waals surface area contributed by atoms with E-state index in [0.717, 1.165) is 17.1 Å². The number of rotatable bonds is 8. The van der Waals surface area contributed by atoms with Crippen LogP contribution in [0.25, 0.3) is 72.0 Å². The van der Waals surface area contributed by atoms with Crippen LogP contribution < -0.4 is 4.90 Å². The van der Waals surface area contributed by atoms with Gasteiger partial charge in [0.15, 0.2) is 0 Å². The molecule has 0 saturated carbocycles. The van der Waals surface area contributed by atoms with Crippen LogP contribution >= 0.6 is 0 Å². The molecule has 2 aliphatic carbocycles. The average Bonchev–Trinajstić information content (AvgIpc) is 4.02. The molecule has 0 amide bonds. The molecule has 1 aromatic heterocycles. The molecular formula is C70H50N2. The molecule has 2 heteroatoms. The highest BCUT2D eigenvalue weighted by Gasteiger charge is 2.46. The molecule has 0 N–H and O–H groups in total. The molecule has 0 saturated heterocycles. The molecule has 340 valence electrons. The fourth-order valence-electron chi connectivity index (χ4n) is 12.5. The first-order valence-corrected chi connectivity index (χ1v) is 25.2. The molecule has 2 nitrogen and oxygen atoms in total. The maximum absolute atomic E-state index is 2.48. The smallest absolute Gasteiger partial charge is 0.0714 e. The van der Waals surface area contributed by atoms with Crippen molar-refractivity contribution in [2.45, 2.75) is 24.7 Å². The number of benzene rings is 11. The van der Waals surface area contributed by atoms with Gasteiger partial charge in [0, 0.05) is 38.9 Å². The van der Waals surface area contributed by atoms with Crippen LogP contribution in [0.1, 0.15) is 47.2 Å². The third-order valence-electron chi connectivity index (χ3n) is 15.9. The van der Waals surface area contributed by atoms with Crippen LogP contribution in [0.5, 0.6) is 0 Å². The van der Waals surface area contributed by atoms with Crippen molar-refractivity contribution in [3.05, 3.63) is 300 Å². The number of aromatic nitrogens is 1. The van der Waals surface area contributed by atoms with Gasteiger partial charge >= 0.3 is 0 Å². The summed E-state index contributed by atoms with van der Waals surface area (Å²) < 4.78 is 2.37. The number of anilines is 3. The van der Waals surface area contributed by atoms with E-state index in [1.165, 1.54) is 105 Å². The lowest BCUT2D eigenvalue weighted by Crippen LogP contribution is -2.28. The van der Waals surface area contributed by atoms with Gasteiger partial charge in [-0.2, -0.15) is 0 Å². The zero-order chi connectivity index (χ0) is 48.0. The molecule has 0 atom stereocenters. The maximum atomic E-state index is 2.48. The third-order valence-corrected chi connectivity index (χ3v) is 15.9. The van der Waals surface area contributed by atoms with Crippen molar-refractivity contribution in [1.82, 2.24) is 4.57 Å². The second-order valence-electron chi connectivity index (χ2n) is 20.0. The predicted octanol–water partition coefficient (Wildman–Crippen LogP) is 18.3. The first-order valence-electron chi connectivity index (χ1n) is 25.2. The van der Waals surface area contributed by atoms with Crippen molar-refractivity contribution in [2.75, 3.05) is 4.90 Å². The normalized spacial score (nSPS) is 13.6. The second-order valence-corrected chi connectivity index (χ2v) is 20.0. The SMILES string of the molecule is CC1(C)c2ccccc2-c2ccc(N(c3ccc(-c4ccc(-c5ccc6c(c5)c5ccccc5n6-c5ccccc5)cc4)cc3)c3ccc4c(c3)C(c3ccccc3)(c3ccccc3)c3ccccc3-4)cc21. The van der Waals surface area contributed by atoms with Gasteiger partial charge in [-0.25, -0.2) is 0 Å². The van der Waals surface area contributed by atoms with E-state index in [4.69, 9.17) is 0 Å². The predicted molar refractivity (Wildman–Crippen MR) is 301 cm³/mol. The Morgan fingerprint density at radius 2 is 0.750 bits per heavy atom. The lowest BCUT2D eigenvalue weighted by Gasteiger charge is -2.35. The Morgan fingerprint density at radius 1 is 0.306 bits per heavy atom. The Labute approximate surface area is 421 Å². The van der Waals surface area contributed by atoms with Crippen LogP contribution in [0.2, 0.25) is 0 Å². The Bertz CT molecular complexity index is 3990. The molecule has 12 aromatic rings. The van der Waals surface area contributed by atoms with Crippen molar-refractivity contribution in [3.63, 3.8) is 0 Å². The maximum Gasteiger partial charge on any atom is 0.0714 e. The molecular weight excluding hydrogens is 869 g/mol. The van der Waals surface area contributed by atoms with Gasteiger partial charge in [-0.05, 0) is 145 Å². The van der Waals surface area contributed by atoms with Crippen LogP contribution in [0.15, 0.2) is 267 Å². The summed E-state index contributed by atoms with van der Waals surface area (Å²) in [6, 6.07) is 99.0. The minimum absolute atomic E-state index is 0.147. The van der Waals surface area contributed by atoms with Gasteiger partial charge in [-0.3, -0.25) is 0 Å². The van der Waals surface area contributed by atoms with E-state index >= 15 is 0 Å². The van der Waals surface area contributed by atoms with E-state index in [2.05, 4.69) is 290 Å². The van der Waals surface area contributed by atoms with Gasteiger partial charge in [0.1, 0.15) is 0 Å². The number of hydrogen-bond donors (Lipinski definition) is 0. The van der Waals surface area contributed by atoms with E-state index in [1.807, 2.05) is 0 Å². The zero-order valence-electron chi connectivity index (χ0n) is 40.3. The van der Waals surface area contributed by atoms with Gasteiger partial charge < -0.3 is 9.47 Å². The number of nitrogens with zero attached hydrogens (tertiary/aromatic N) is 2. The molecule has 0 radical (unpaired) electrons. The van der Waals surface area contributed by atoms with Gasteiger partial charge in [0.2, 0.25) is 0 Å². The topological polar surface area (TPSA) is 8.17 Å². The first kappa shape index (κ1) is 41.9. The monoisotopic (exact) mass is 918 g/mol. The second kappa shape index (κ2) is 16.3. The van der Waals surface area contributed by atoms with Crippen LogP contribution in [0.4, 0.5) is 17.1 Å². The van der Waals surface area contributed by atoms with Crippen molar-refractivity contribution in [2.24, 2.45) is 0 Å². The lowest BCUT2D eigenvalue weighted by molar-refractivity contribution is 0.660. The molecule has 0 bridgehead atoms. The first-order chi connectivity index (χ1) is 35.5. The Balaban J connectivity index is 0.878. The molecule has 11 aromatic carbocycles. The molecule has 0 unspecified atom stereocenters. The summed E-state index contributed by atoms with van der Waals surface area (Å²) in [6.45, 7) is 4.74. The third kappa shape index (κ3) is 6.28. The minimum Gasteiger partial charge on any atom is -0.310 e. The number of fused-ring (bicyclic) bond motifs is 9. The summed E-state index contributed by atoms with van der Waals surface area (Å²) in [4.78, 5) is 2.47. The Hall–Kier alpha value is -8.98. The average molecular weight is 919 g/mol. The van der Waals surface area contributed by atoms with E-state index in [0.29, 0.717) is 0 Å². The van der Waals surface area contributed by atoms with E-state index < -0.39 is 5.41 Å². The summed E-state index contributed by atoms with van der Waals surface area (Å²) in [5, 5.41) is 2.51. The largest absolute Gasteiger partial charge is 0.310 e. The van der Waals surface area contributed by atoms with Gasteiger partial charge in [-0.15, -0.1) is 0 Å². The highest BCUT2D eigenvalue weighted by molar-refractivity contribution is 6.10. The minimum atomic E-state index is -0.513.